The van der Waals surface area contributed by atoms with Gasteiger partial charge < -0.3 is 20.3 Å². The molecule has 3 rings (SSSR count). The lowest BCUT2D eigenvalue weighted by Crippen LogP contribution is -2.38. The third-order valence-electron chi connectivity index (χ3n) is 5.56. The average molecular weight is 410 g/mol. The molecule has 1 aliphatic heterocycles. The number of ether oxygens (including phenoxy) is 1. The Balaban J connectivity index is 1.48. The zero-order valence-electron chi connectivity index (χ0n) is 18.5. The van der Waals surface area contributed by atoms with Crippen molar-refractivity contribution in [1.82, 2.24) is 15.6 Å². The number of methoxy groups -OCH3 is 1. The van der Waals surface area contributed by atoms with E-state index in [1.165, 1.54) is 18.4 Å². The van der Waals surface area contributed by atoms with Crippen molar-refractivity contribution in [3.8, 4) is 5.75 Å². The van der Waals surface area contributed by atoms with Gasteiger partial charge in [-0.15, -0.1) is 0 Å². The molecule has 0 amide bonds. The Kier molecular flexibility index (Phi) is 8.36. The van der Waals surface area contributed by atoms with Gasteiger partial charge in [0.25, 0.3) is 0 Å². The molecule has 1 unspecified atom stereocenters. The van der Waals surface area contributed by atoms with E-state index in [0.717, 1.165) is 55.7 Å². The Bertz CT molecular complexity index is 782. The Morgan fingerprint density at radius 3 is 2.53 bits per heavy atom. The van der Waals surface area contributed by atoms with Crippen LogP contribution in [0.3, 0.4) is 0 Å². The van der Waals surface area contributed by atoms with Gasteiger partial charge in [-0.25, -0.2) is 9.98 Å². The number of aliphatic imine (C=N–C) groups is 1. The Morgan fingerprint density at radius 1 is 1.13 bits per heavy atom. The molecule has 0 radical (unpaired) electrons. The van der Waals surface area contributed by atoms with Crippen LogP contribution in [0.15, 0.2) is 47.6 Å². The standard InChI is InChI=1S/C24H35N5O/c1-4-25-24(26-14-13-19(2)21-8-10-22(30-3)11-9-21)28-18-20-7-12-23(27-17-20)29-15-5-6-16-29/h7-12,17,19H,4-6,13-16,18H2,1-3H3,(H2,25,26,28). The number of pyridine rings is 1. The highest BCUT2D eigenvalue weighted by atomic mass is 16.5. The van der Waals surface area contributed by atoms with E-state index in [1.54, 1.807) is 7.11 Å². The average Bonchev–Trinajstić information content (AvgIpc) is 3.33. The fourth-order valence-corrected chi connectivity index (χ4v) is 3.66. The van der Waals surface area contributed by atoms with E-state index in [4.69, 9.17) is 9.73 Å². The van der Waals surface area contributed by atoms with Crippen LogP contribution in [0.4, 0.5) is 5.82 Å². The molecule has 0 aliphatic carbocycles. The lowest BCUT2D eigenvalue weighted by atomic mass is 9.98. The van der Waals surface area contributed by atoms with Gasteiger partial charge in [0, 0.05) is 32.4 Å². The van der Waals surface area contributed by atoms with Crippen LogP contribution in [0.25, 0.3) is 0 Å². The molecular formula is C24H35N5O. The van der Waals surface area contributed by atoms with Crippen molar-refractivity contribution in [2.75, 3.05) is 38.2 Å². The van der Waals surface area contributed by atoms with Gasteiger partial charge in [0.2, 0.25) is 0 Å². The molecule has 2 heterocycles. The van der Waals surface area contributed by atoms with Crippen LogP contribution in [0.2, 0.25) is 0 Å². The minimum Gasteiger partial charge on any atom is -0.497 e. The van der Waals surface area contributed by atoms with E-state index in [-0.39, 0.29) is 0 Å². The smallest absolute Gasteiger partial charge is 0.191 e. The van der Waals surface area contributed by atoms with Crippen molar-refractivity contribution in [2.45, 2.75) is 45.6 Å². The molecule has 2 N–H and O–H groups in total. The first-order valence-corrected chi connectivity index (χ1v) is 11.1. The summed E-state index contributed by atoms with van der Waals surface area (Å²) < 4.78 is 5.24. The molecule has 1 saturated heterocycles. The first-order valence-electron chi connectivity index (χ1n) is 11.1. The molecule has 162 valence electrons. The number of aromatic nitrogens is 1. The summed E-state index contributed by atoms with van der Waals surface area (Å²) >= 11 is 0. The van der Waals surface area contributed by atoms with Gasteiger partial charge in [-0.2, -0.15) is 0 Å². The summed E-state index contributed by atoms with van der Waals surface area (Å²) in [6.45, 7) is 8.90. The summed E-state index contributed by atoms with van der Waals surface area (Å²) in [7, 11) is 1.70. The second-order valence-electron chi connectivity index (χ2n) is 7.80. The van der Waals surface area contributed by atoms with Crippen molar-refractivity contribution in [3.05, 3.63) is 53.7 Å². The van der Waals surface area contributed by atoms with Crippen LogP contribution in [0.1, 0.15) is 50.2 Å². The summed E-state index contributed by atoms with van der Waals surface area (Å²) in [6, 6.07) is 12.6. The first-order chi connectivity index (χ1) is 14.7. The molecular weight excluding hydrogens is 374 g/mol. The maximum Gasteiger partial charge on any atom is 0.191 e. The second kappa shape index (κ2) is 11.4. The highest BCUT2D eigenvalue weighted by Gasteiger charge is 2.13. The Morgan fingerprint density at radius 2 is 1.90 bits per heavy atom. The molecule has 1 aromatic carbocycles. The van der Waals surface area contributed by atoms with E-state index in [9.17, 15) is 0 Å². The number of anilines is 1. The van der Waals surface area contributed by atoms with E-state index in [2.05, 4.69) is 58.6 Å². The molecule has 1 atom stereocenters. The van der Waals surface area contributed by atoms with Gasteiger partial charge in [0.1, 0.15) is 11.6 Å². The molecule has 1 aromatic heterocycles. The van der Waals surface area contributed by atoms with Gasteiger partial charge >= 0.3 is 0 Å². The van der Waals surface area contributed by atoms with Crippen molar-refractivity contribution >= 4 is 11.8 Å². The Hall–Kier alpha value is -2.76. The van der Waals surface area contributed by atoms with E-state index in [1.807, 2.05) is 18.3 Å². The van der Waals surface area contributed by atoms with Crippen molar-refractivity contribution < 1.29 is 4.74 Å². The van der Waals surface area contributed by atoms with E-state index < -0.39 is 0 Å². The molecule has 2 aromatic rings. The van der Waals surface area contributed by atoms with Crippen LogP contribution in [-0.2, 0) is 6.54 Å². The van der Waals surface area contributed by atoms with Gasteiger partial charge in [-0.3, -0.25) is 0 Å². The van der Waals surface area contributed by atoms with Crippen molar-refractivity contribution in [3.63, 3.8) is 0 Å². The quantitative estimate of drug-likeness (QED) is 0.485. The number of benzene rings is 1. The number of hydrogen-bond donors (Lipinski definition) is 2. The fourth-order valence-electron chi connectivity index (χ4n) is 3.66. The highest BCUT2D eigenvalue weighted by molar-refractivity contribution is 5.79. The zero-order valence-corrected chi connectivity index (χ0v) is 18.5. The molecule has 1 fully saturated rings. The molecule has 1 aliphatic rings. The Labute approximate surface area is 180 Å². The fraction of sp³-hybridized carbons (Fsp3) is 0.500. The van der Waals surface area contributed by atoms with Gasteiger partial charge in [0.15, 0.2) is 5.96 Å². The van der Waals surface area contributed by atoms with Gasteiger partial charge in [-0.05, 0) is 61.4 Å². The molecule has 0 saturated carbocycles. The van der Waals surface area contributed by atoms with Crippen LogP contribution in [-0.4, -0.2) is 44.2 Å². The van der Waals surface area contributed by atoms with Gasteiger partial charge in [0.05, 0.1) is 13.7 Å². The lowest BCUT2D eigenvalue weighted by Gasteiger charge is -2.16. The van der Waals surface area contributed by atoms with Crippen LogP contribution in [0, 0.1) is 0 Å². The predicted molar refractivity (Wildman–Crippen MR) is 125 cm³/mol. The summed E-state index contributed by atoms with van der Waals surface area (Å²) in [5.74, 6) is 3.29. The molecule has 0 bridgehead atoms. The third kappa shape index (κ3) is 6.37. The molecule has 6 nitrogen and oxygen atoms in total. The first kappa shape index (κ1) is 21.9. The third-order valence-corrected chi connectivity index (χ3v) is 5.56. The predicted octanol–water partition coefficient (Wildman–Crippen LogP) is 3.94. The lowest BCUT2D eigenvalue weighted by molar-refractivity contribution is 0.414. The number of guanidine groups is 1. The second-order valence-corrected chi connectivity index (χ2v) is 7.80. The minimum atomic E-state index is 0.466. The number of nitrogens with one attached hydrogen (secondary N) is 2. The monoisotopic (exact) mass is 409 g/mol. The maximum absolute atomic E-state index is 5.24. The van der Waals surface area contributed by atoms with Crippen LogP contribution >= 0.6 is 0 Å². The topological polar surface area (TPSA) is 61.8 Å². The molecule has 0 spiro atoms. The van der Waals surface area contributed by atoms with E-state index >= 15 is 0 Å². The summed E-state index contributed by atoms with van der Waals surface area (Å²) in [4.78, 5) is 11.7. The number of rotatable bonds is 9. The summed E-state index contributed by atoms with van der Waals surface area (Å²) in [5, 5.41) is 6.79. The van der Waals surface area contributed by atoms with E-state index in [0.29, 0.717) is 12.5 Å². The highest BCUT2D eigenvalue weighted by Crippen LogP contribution is 2.21. The zero-order chi connectivity index (χ0) is 21.2. The summed E-state index contributed by atoms with van der Waals surface area (Å²) in [5.41, 5.74) is 2.45. The number of nitrogens with zero attached hydrogens (tertiary/aromatic N) is 3. The van der Waals surface area contributed by atoms with Crippen molar-refractivity contribution in [2.24, 2.45) is 4.99 Å². The maximum atomic E-state index is 5.24. The SMILES string of the molecule is CCNC(=NCc1ccc(N2CCCC2)nc1)NCCC(C)c1ccc(OC)cc1. The largest absolute Gasteiger partial charge is 0.497 e. The van der Waals surface area contributed by atoms with Crippen LogP contribution < -0.4 is 20.3 Å². The van der Waals surface area contributed by atoms with Crippen LogP contribution in [0.5, 0.6) is 5.75 Å². The minimum absolute atomic E-state index is 0.466. The van der Waals surface area contributed by atoms with Gasteiger partial charge in [-0.1, -0.05) is 25.1 Å². The number of hydrogen-bond acceptors (Lipinski definition) is 4. The molecule has 6 heteroatoms. The molecule has 30 heavy (non-hydrogen) atoms. The normalized spacial score (nSPS) is 15.2. The summed E-state index contributed by atoms with van der Waals surface area (Å²) in [6.07, 6.45) is 5.51. The van der Waals surface area contributed by atoms with Crippen molar-refractivity contribution in [1.29, 1.82) is 0 Å².